The third-order valence-electron chi connectivity index (χ3n) is 2.24. The zero-order valence-electron chi connectivity index (χ0n) is 9.08. The molecule has 0 spiro atoms. The summed E-state index contributed by atoms with van der Waals surface area (Å²) in [6, 6.07) is 11.4. The molecule has 0 saturated heterocycles. The van der Waals surface area contributed by atoms with E-state index in [0.29, 0.717) is 0 Å². The predicted molar refractivity (Wildman–Crippen MR) is 57.1 cm³/mol. The number of nitrogens with zero attached hydrogens (tertiary/aromatic N) is 1. The van der Waals surface area contributed by atoms with Crippen molar-refractivity contribution < 1.29 is 4.74 Å². The second kappa shape index (κ2) is 5.66. The number of hydrogen-bond donors (Lipinski definition) is 0. The van der Waals surface area contributed by atoms with Crippen LogP contribution in [0.15, 0.2) is 18.2 Å². The molecule has 0 aliphatic heterocycles. The second-order valence-electron chi connectivity index (χ2n) is 3.09. The molecule has 0 bridgehead atoms. The number of benzene rings is 1. The van der Waals surface area contributed by atoms with Gasteiger partial charge < -0.3 is 4.74 Å². The first-order valence-electron chi connectivity index (χ1n) is 5.06. The highest BCUT2D eigenvalue weighted by molar-refractivity contribution is 5.18. The average molecular weight is 191 g/mol. The van der Waals surface area contributed by atoms with Crippen LogP contribution in [0.4, 0.5) is 0 Å². The molecule has 76 valence electrons. The van der Waals surface area contributed by atoms with Crippen LogP contribution in [0.5, 0.6) is 5.75 Å². The van der Waals surface area contributed by atoms with Gasteiger partial charge in [-0.15, -0.1) is 0 Å². The van der Waals surface area contributed by atoms with Gasteiger partial charge in [0.15, 0.2) is 0 Å². The molecule has 2 radical (unpaired) electrons. The van der Waals surface area contributed by atoms with Crippen molar-refractivity contribution >= 4 is 0 Å². The fourth-order valence-electron chi connectivity index (χ4n) is 1.40. The molecule has 0 aliphatic carbocycles. The molecule has 0 aliphatic rings. The zero-order chi connectivity index (χ0) is 10.4. The van der Waals surface area contributed by atoms with Gasteiger partial charge >= 0.3 is 0 Å². The van der Waals surface area contributed by atoms with Crippen LogP contribution >= 0.6 is 0 Å². The summed E-state index contributed by atoms with van der Waals surface area (Å²) in [5.74, 6) is 0.756. The van der Waals surface area contributed by atoms with Gasteiger partial charge in [-0.1, -0.05) is 19.9 Å². The topological polar surface area (TPSA) is 12.5 Å². The largest absolute Gasteiger partial charge is 0.475 e. The Morgan fingerprint density at radius 3 is 2.57 bits per heavy atom. The maximum atomic E-state index is 5.70. The third kappa shape index (κ3) is 3.04. The molecule has 14 heavy (non-hydrogen) atoms. The Morgan fingerprint density at radius 1 is 1.36 bits per heavy atom. The third-order valence-corrected chi connectivity index (χ3v) is 2.24. The summed E-state index contributed by atoms with van der Waals surface area (Å²) in [4.78, 5) is 2.24. The van der Waals surface area contributed by atoms with E-state index in [1.807, 2.05) is 19.1 Å². The van der Waals surface area contributed by atoms with E-state index in [0.717, 1.165) is 18.8 Å². The molecule has 0 N–H and O–H groups in total. The maximum absolute atomic E-state index is 5.70. The van der Waals surface area contributed by atoms with Crippen molar-refractivity contribution in [2.75, 3.05) is 13.1 Å². The fraction of sp³-hybridized carbons (Fsp3) is 0.500. The lowest BCUT2D eigenvalue weighted by Gasteiger charge is -2.26. The highest BCUT2D eigenvalue weighted by Crippen LogP contribution is 2.11. The van der Waals surface area contributed by atoms with Gasteiger partial charge in [0.25, 0.3) is 0 Å². The molecular weight excluding hydrogens is 174 g/mol. The van der Waals surface area contributed by atoms with Crippen molar-refractivity contribution in [2.24, 2.45) is 0 Å². The Balaban J connectivity index is 2.52. The van der Waals surface area contributed by atoms with Gasteiger partial charge in [-0.3, -0.25) is 4.90 Å². The number of ether oxygens (including phenoxy) is 1. The Bertz CT molecular complexity index is 244. The summed E-state index contributed by atoms with van der Waals surface area (Å²) >= 11 is 0. The standard InChI is InChI=1S/C12H17NO/c1-4-13(5-2)11(3)14-12-9-7-6-8-10-12/h6-7,10-11H,4-5H2,1-3H3. The summed E-state index contributed by atoms with van der Waals surface area (Å²) in [5, 5.41) is 0. The summed E-state index contributed by atoms with van der Waals surface area (Å²) in [7, 11) is 0. The van der Waals surface area contributed by atoms with Gasteiger partial charge in [-0.25, -0.2) is 0 Å². The molecule has 1 atom stereocenters. The highest BCUT2D eigenvalue weighted by Gasteiger charge is 2.10. The van der Waals surface area contributed by atoms with Crippen LogP contribution in [-0.2, 0) is 0 Å². The van der Waals surface area contributed by atoms with E-state index in [1.165, 1.54) is 0 Å². The zero-order valence-corrected chi connectivity index (χ0v) is 9.08. The minimum Gasteiger partial charge on any atom is -0.475 e. The molecule has 0 fully saturated rings. The van der Waals surface area contributed by atoms with Crippen molar-refractivity contribution in [3.05, 3.63) is 30.3 Å². The van der Waals surface area contributed by atoms with Crippen LogP contribution in [0, 0.1) is 12.1 Å². The van der Waals surface area contributed by atoms with Crippen LogP contribution in [0.2, 0.25) is 0 Å². The van der Waals surface area contributed by atoms with Gasteiger partial charge in [0, 0.05) is 6.07 Å². The monoisotopic (exact) mass is 191 g/mol. The van der Waals surface area contributed by atoms with E-state index in [4.69, 9.17) is 4.74 Å². The van der Waals surface area contributed by atoms with Crippen molar-refractivity contribution in [1.82, 2.24) is 4.90 Å². The van der Waals surface area contributed by atoms with Crippen LogP contribution in [-0.4, -0.2) is 24.2 Å². The van der Waals surface area contributed by atoms with E-state index < -0.39 is 0 Å². The molecule has 0 amide bonds. The van der Waals surface area contributed by atoms with E-state index in [1.54, 1.807) is 6.07 Å². The Morgan fingerprint density at radius 2 is 2.07 bits per heavy atom. The average Bonchev–Trinajstić information content (AvgIpc) is 2.21. The summed E-state index contributed by atoms with van der Waals surface area (Å²) < 4.78 is 5.70. The molecule has 1 aromatic rings. The Hall–Kier alpha value is -1.02. The quantitative estimate of drug-likeness (QED) is 0.662. The minimum absolute atomic E-state index is 0.0945. The Labute approximate surface area is 86.5 Å². The van der Waals surface area contributed by atoms with Crippen LogP contribution in [0.1, 0.15) is 20.8 Å². The molecule has 0 heterocycles. The predicted octanol–water partition coefficient (Wildman–Crippen LogP) is 2.35. The lowest BCUT2D eigenvalue weighted by molar-refractivity contribution is 0.0478. The Kier molecular flexibility index (Phi) is 4.47. The van der Waals surface area contributed by atoms with E-state index in [-0.39, 0.29) is 6.23 Å². The molecule has 1 aromatic carbocycles. The van der Waals surface area contributed by atoms with Gasteiger partial charge in [0.05, 0.1) is 0 Å². The normalized spacial score (nSPS) is 12.9. The number of rotatable bonds is 5. The molecule has 2 heteroatoms. The molecule has 1 unspecified atom stereocenters. The second-order valence-corrected chi connectivity index (χ2v) is 3.09. The van der Waals surface area contributed by atoms with E-state index in [9.17, 15) is 0 Å². The van der Waals surface area contributed by atoms with Crippen LogP contribution in [0.3, 0.4) is 0 Å². The molecule has 1 rings (SSSR count). The van der Waals surface area contributed by atoms with Crippen LogP contribution < -0.4 is 4.74 Å². The first-order chi connectivity index (χ1) is 6.77. The van der Waals surface area contributed by atoms with Gasteiger partial charge in [0.1, 0.15) is 12.0 Å². The van der Waals surface area contributed by atoms with Crippen molar-refractivity contribution in [2.45, 2.75) is 27.0 Å². The highest BCUT2D eigenvalue weighted by atomic mass is 16.5. The summed E-state index contributed by atoms with van der Waals surface area (Å²) in [6.45, 7) is 8.30. The van der Waals surface area contributed by atoms with Gasteiger partial charge in [-0.05, 0) is 38.2 Å². The first-order valence-corrected chi connectivity index (χ1v) is 5.06. The van der Waals surface area contributed by atoms with Gasteiger partial charge in [0.2, 0.25) is 0 Å². The smallest absolute Gasteiger partial charge is 0.149 e. The van der Waals surface area contributed by atoms with E-state index >= 15 is 0 Å². The van der Waals surface area contributed by atoms with Gasteiger partial charge in [-0.2, -0.15) is 0 Å². The van der Waals surface area contributed by atoms with Crippen LogP contribution in [0.25, 0.3) is 0 Å². The van der Waals surface area contributed by atoms with Crippen molar-refractivity contribution in [1.29, 1.82) is 0 Å². The maximum Gasteiger partial charge on any atom is 0.149 e. The van der Waals surface area contributed by atoms with Crippen molar-refractivity contribution in [3.8, 4) is 5.75 Å². The summed E-state index contributed by atoms with van der Waals surface area (Å²) in [5.41, 5.74) is 0. The number of hydrogen-bond acceptors (Lipinski definition) is 2. The molecule has 0 saturated carbocycles. The lowest BCUT2D eigenvalue weighted by Crippen LogP contribution is -2.36. The lowest BCUT2D eigenvalue weighted by atomic mass is 10.3. The van der Waals surface area contributed by atoms with E-state index in [2.05, 4.69) is 30.9 Å². The van der Waals surface area contributed by atoms with Crippen molar-refractivity contribution in [3.63, 3.8) is 0 Å². The molecule has 0 aromatic heterocycles. The summed E-state index contributed by atoms with van der Waals surface area (Å²) in [6.07, 6.45) is 0.0945. The molecular formula is C12H17NO. The first kappa shape index (κ1) is 11.1. The fourth-order valence-corrected chi connectivity index (χ4v) is 1.40. The SMILES string of the molecule is CCN(CC)C(C)Oc1[c]cc[c]c1. The molecule has 2 nitrogen and oxygen atoms in total. The minimum atomic E-state index is 0.0945.